The van der Waals surface area contributed by atoms with Crippen molar-refractivity contribution in [3.05, 3.63) is 0 Å². The van der Waals surface area contributed by atoms with Crippen molar-refractivity contribution < 1.29 is 19.4 Å². The molecule has 1 aliphatic rings. The number of hydrogen-bond donors (Lipinski definition) is 2. The number of amides is 1. The van der Waals surface area contributed by atoms with Gasteiger partial charge < -0.3 is 15.2 Å². The molecule has 0 spiro atoms. The van der Waals surface area contributed by atoms with Crippen LogP contribution in [-0.2, 0) is 14.3 Å². The topological polar surface area (TPSA) is 75.6 Å². The lowest BCUT2D eigenvalue weighted by atomic mass is 10.1. The Morgan fingerprint density at radius 1 is 1.00 bits per heavy atom. The Morgan fingerprint density at radius 2 is 1.57 bits per heavy atom. The van der Waals surface area contributed by atoms with Crippen LogP contribution in [0.3, 0.4) is 0 Å². The molecule has 0 unspecified atom stereocenters. The largest absolute Gasteiger partial charge is 0.479 e. The van der Waals surface area contributed by atoms with E-state index in [1.54, 1.807) is 0 Å². The lowest BCUT2D eigenvalue weighted by molar-refractivity contribution is -0.151. The van der Waals surface area contributed by atoms with Crippen molar-refractivity contribution >= 4 is 11.9 Å². The predicted molar refractivity (Wildman–Crippen MR) is 81.2 cm³/mol. The molecule has 1 saturated heterocycles. The molecule has 0 aromatic heterocycles. The van der Waals surface area contributed by atoms with Gasteiger partial charge in [0.1, 0.15) is 6.10 Å². The van der Waals surface area contributed by atoms with Gasteiger partial charge in [-0.05, 0) is 19.3 Å². The van der Waals surface area contributed by atoms with E-state index in [2.05, 4.69) is 12.2 Å². The first kappa shape index (κ1) is 18.0. The maximum atomic E-state index is 11.8. The molecule has 0 saturated carbocycles. The van der Waals surface area contributed by atoms with Crippen molar-refractivity contribution in [1.29, 1.82) is 0 Å². The maximum absolute atomic E-state index is 11.8. The van der Waals surface area contributed by atoms with E-state index < -0.39 is 18.2 Å². The van der Waals surface area contributed by atoms with Gasteiger partial charge in [-0.1, -0.05) is 51.9 Å². The normalized spacial score (nSPS) is 21.4. The zero-order chi connectivity index (χ0) is 15.5. The van der Waals surface area contributed by atoms with E-state index in [4.69, 9.17) is 9.84 Å². The van der Waals surface area contributed by atoms with Crippen molar-refractivity contribution in [2.75, 3.05) is 6.54 Å². The molecule has 2 N–H and O–H groups in total. The van der Waals surface area contributed by atoms with Gasteiger partial charge in [0, 0.05) is 6.54 Å². The van der Waals surface area contributed by atoms with Gasteiger partial charge in [-0.3, -0.25) is 4.79 Å². The Kier molecular flexibility index (Phi) is 9.06. The second kappa shape index (κ2) is 10.6. The lowest BCUT2D eigenvalue weighted by Crippen LogP contribution is -2.36. The summed E-state index contributed by atoms with van der Waals surface area (Å²) >= 11 is 0. The minimum atomic E-state index is -0.978. The fourth-order valence-corrected chi connectivity index (χ4v) is 2.60. The summed E-state index contributed by atoms with van der Waals surface area (Å²) in [4.78, 5) is 22.5. The molecule has 1 rings (SSSR count). The molecule has 1 fully saturated rings. The molecule has 1 aliphatic heterocycles. The SMILES string of the molecule is CCCCCCCCCCNC(=O)[C@@H]1CC[C@H](C(=O)O)O1. The summed E-state index contributed by atoms with van der Waals surface area (Å²) in [5.41, 5.74) is 0. The molecule has 21 heavy (non-hydrogen) atoms. The molecule has 0 aliphatic carbocycles. The molecular weight excluding hydrogens is 270 g/mol. The van der Waals surface area contributed by atoms with Gasteiger partial charge in [0.2, 0.25) is 5.91 Å². The summed E-state index contributed by atoms with van der Waals surface area (Å²) in [5, 5.41) is 11.6. The van der Waals surface area contributed by atoms with E-state index in [9.17, 15) is 9.59 Å². The maximum Gasteiger partial charge on any atom is 0.332 e. The number of aliphatic carboxylic acids is 1. The highest BCUT2D eigenvalue weighted by atomic mass is 16.5. The smallest absolute Gasteiger partial charge is 0.332 e. The zero-order valence-corrected chi connectivity index (χ0v) is 13.1. The number of nitrogens with one attached hydrogen (secondary N) is 1. The molecule has 122 valence electrons. The van der Waals surface area contributed by atoms with Gasteiger partial charge >= 0.3 is 5.97 Å². The third-order valence-corrected chi connectivity index (χ3v) is 3.92. The number of hydrogen-bond acceptors (Lipinski definition) is 3. The van der Waals surface area contributed by atoms with Gasteiger partial charge in [-0.25, -0.2) is 4.79 Å². The lowest BCUT2D eigenvalue weighted by Gasteiger charge is -2.11. The average molecular weight is 299 g/mol. The van der Waals surface area contributed by atoms with Crippen molar-refractivity contribution in [3.63, 3.8) is 0 Å². The summed E-state index contributed by atoms with van der Waals surface area (Å²) < 4.78 is 5.21. The van der Waals surface area contributed by atoms with Crippen LogP contribution in [0.4, 0.5) is 0 Å². The minimum absolute atomic E-state index is 0.165. The highest BCUT2D eigenvalue weighted by Gasteiger charge is 2.34. The second-order valence-electron chi connectivity index (χ2n) is 5.79. The molecule has 5 heteroatoms. The monoisotopic (exact) mass is 299 g/mol. The fraction of sp³-hybridized carbons (Fsp3) is 0.875. The summed E-state index contributed by atoms with van der Waals surface area (Å²) in [6.45, 7) is 2.88. The Hall–Kier alpha value is -1.10. The van der Waals surface area contributed by atoms with E-state index in [-0.39, 0.29) is 5.91 Å². The minimum Gasteiger partial charge on any atom is -0.479 e. The van der Waals surface area contributed by atoms with Crippen LogP contribution < -0.4 is 5.32 Å². The van der Waals surface area contributed by atoms with E-state index in [0.717, 1.165) is 12.8 Å². The Balaban J connectivity index is 1.96. The summed E-state index contributed by atoms with van der Waals surface area (Å²) in [6, 6.07) is 0. The first-order valence-electron chi connectivity index (χ1n) is 8.31. The van der Waals surface area contributed by atoms with Crippen molar-refractivity contribution in [2.45, 2.75) is 83.3 Å². The number of carbonyl (C=O) groups is 2. The van der Waals surface area contributed by atoms with E-state index in [0.29, 0.717) is 19.4 Å². The highest BCUT2D eigenvalue weighted by molar-refractivity contribution is 5.82. The summed E-state index contributed by atoms with van der Waals surface area (Å²) in [5.74, 6) is -1.14. The molecule has 0 aromatic rings. The van der Waals surface area contributed by atoms with Crippen LogP contribution in [0.15, 0.2) is 0 Å². The number of rotatable bonds is 11. The summed E-state index contributed by atoms with van der Waals surface area (Å²) in [6.07, 6.45) is 9.39. The standard InChI is InChI=1S/C16H29NO4/c1-2-3-4-5-6-7-8-9-12-17-15(18)13-10-11-14(21-13)16(19)20/h13-14H,2-12H2,1H3,(H,17,18)(H,19,20)/t13-,14+/m0/s1. The van der Waals surface area contributed by atoms with Gasteiger partial charge in [0.15, 0.2) is 6.10 Å². The zero-order valence-electron chi connectivity index (χ0n) is 13.1. The highest BCUT2D eigenvalue weighted by Crippen LogP contribution is 2.19. The number of carbonyl (C=O) groups excluding carboxylic acids is 1. The third-order valence-electron chi connectivity index (χ3n) is 3.92. The summed E-state index contributed by atoms with van der Waals surface area (Å²) in [7, 11) is 0. The van der Waals surface area contributed by atoms with Crippen LogP contribution in [0, 0.1) is 0 Å². The molecule has 2 atom stereocenters. The first-order chi connectivity index (χ1) is 10.1. The molecule has 0 aromatic carbocycles. The van der Waals surface area contributed by atoms with Gasteiger partial charge in [-0.15, -0.1) is 0 Å². The first-order valence-corrected chi connectivity index (χ1v) is 8.31. The van der Waals surface area contributed by atoms with Gasteiger partial charge in [0.25, 0.3) is 0 Å². The Bertz CT molecular complexity index is 319. The third kappa shape index (κ3) is 7.46. The van der Waals surface area contributed by atoms with Gasteiger partial charge in [0.05, 0.1) is 0 Å². The second-order valence-corrected chi connectivity index (χ2v) is 5.79. The van der Waals surface area contributed by atoms with E-state index >= 15 is 0 Å². The Morgan fingerprint density at radius 3 is 2.14 bits per heavy atom. The Labute approximate surface area is 127 Å². The van der Waals surface area contributed by atoms with Crippen molar-refractivity contribution in [1.82, 2.24) is 5.32 Å². The number of ether oxygens (including phenoxy) is 1. The van der Waals surface area contributed by atoms with Crippen molar-refractivity contribution in [2.24, 2.45) is 0 Å². The average Bonchev–Trinajstić information content (AvgIpc) is 2.95. The van der Waals surface area contributed by atoms with Gasteiger partial charge in [-0.2, -0.15) is 0 Å². The molecular formula is C16H29NO4. The van der Waals surface area contributed by atoms with Crippen LogP contribution in [0.2, 0.25) is 0 Å². The molecule has 1 heterocycles. The van der Waals surface area contributed by atoms with E-state index in [1.165, 1.54) is 38.5 Å². The number of carboxylic acid groups (broad SMARTS) is 1. The predicted octanol–water partition coefficient (Wildman–Crippen LogP) is 2.88. The molecule has 0 radical (unpaired) electrons. The van der Waals surface area contributed by atoms with Crippen molar-refractivity contribution in [3.8, 4) is 0 Å². The molecule has 1 amide bonds. The van der Waals surface area contributed by atoms with Crippen LogP contribution in [0.1, 0.15) is 71.1 Å². The van der Waals surface area contributed by atoms with Crippen LogP contribution in [-0.4, -0.2) is 35.7 Å². The van der Waals surface area contributed by atoms with Crippen LogP contribution in [0.25, 0.3) is 0 Å². The number of carboxylic acids is 1. The number of unbranched alkanes of at least 4 members (excludes halogenated alkanes) is 7. The van der Waals surface area contributed by atoms with E-state index in [1.807, 2.05) is 0 Å². The van der Waals surface area contributed by atoms with Crippen LogP contribution >= 0.6 is 0 Å². The fourth-order valence-electron chi connectivity index (χ4n) is 2.60. The molecule has 0 bridgehead atoms. The van der Waals surface area contributed by atoms with Crippen LogP contribution in [0.5, 0.6) is 0 Å². The molecule has 5 nitrogen and oxygen atoms in total. The quantitative estimate of drug-likeness (QED) is 0.575.